The summed E-state index contributed by atoms with van der Waals surface area (Å²) >= 11 is 5.45. The molecule has 0 spiro atoms. The highest BCUT2D eigenvalue weighted by Crippen LogP contribution is 2.26. The van der Waals surface area contributed by atoms with Crippen molar-refractivity contribution >= 4 is 45.9 Å². The van der Waals surface area contributed by atoms with Gasteiger partial charge >= 0.3 is 0 Å². The number of hydrogen-bond acceptors (Lipinski definition) is 6. The maximum atomic E-state index is 12.8. The summed E-state index contributed by atoms with van der Waals surface area (Å²) in [7, 11) is 1.63. The van der Waals surface area contributed by atoms with Crippen molar-refractivity contribution in [2.45, 2.75) is 19.0 Å². The number of carbonyl (C=O) groups excluding carboxylic acids is 2. The molecule has 0 saturated carbocycles. The van der Waals surface area contributed by atoms with Crippen molar-refractivity contribution in [2.24, 2.45) is 0 Å². The van der Waals surface area contributed by atoms with Crippen LogP contribution < -0.4 is 5.32 Å². The number of benzene rings is 2. The molecule has 0 bridgehead atoms. The fourth-order valence-corrected chi connectivity index (χ4v) is 4.20. The summed E-state index contributed by atoms with van der Waals surface area (Å²) in [6, 6.07) is 17.9. The van der Waals surface area contributed by atoms with Crippen LogP contribution in [-0.4, -0.2) is 49.8 Å². The molecule has 2 aromatic carbocycles. The summed E-state index contributed by atoms with van der Waals surface area (Å²) < 4.78 is 5.79. The zero-order valence-corrected chi connectivity index (χ0v) is 19.2. The van der Waals surface area contributed by atoms with E-state index in [2.05, 4.69) is 15.3 Å². The molecule has 1 unspecified atom stereocenters. The number of amides is 2. The standard InChI is InChI=1S/C25H21N5O3S/c1-29-24(32)20(30(25(29)34)15-16-5-4-12-26-14-16)13-22(31)27-18-10-8-17(9-11-18)23-28-19-6-2-3-7-21(19)33-23/h2-12,14,20H,13,15H2,1H3,(H,27,31). The molecule has 9 heteroatoms. The number of carbonyl (C=O) groups is 2. The molecule has 34 heavy (non-hydrogen) atoms. The monoisotopic (exact) mass is 471 g/mol. The molecule has 1 atom stereocenters. The number of rotatable bonds is 6. The average molecular weight is 472 g/mol. The second-order valence-corrected chi connectivity index (χ2v) is 8.37. The number of oxazole rings is 1. The normalized spacial score (nSPS) is 15.9. The lowest BCUT2D eigenvalue weighted by Gasteiger charge is -2.23. The van der Waals surface area contributed by atoms with Gasteiger partial charge in [-0.3, -0.25) is 19.5 Å². The van der Waals surface area contributed by atoms with E-state index in [-0.39, 0.29) is 18.2 Å². The van der Waals surface area contributed by atoms with E-state index in [9.17, 15) is 9.59 Å². The summed E-state index contributed by atoms with van der Waals surface area (Å²) in [5.74, 6) is 0.0378. The zero-order chi connectivity index (χ0) is 23.7. The van der Waals surface area contributed by atoms with Gasteiger partial charge in [-0.05, 0) is 60.2 Å². The Labute approximate surface area is 201 Å². The second-order valence-electron chi connectivity index (χ2n) is 8.00. The van der Waals surface area contributed by atoms with Crippen LogP contribution in [0.5, 0.6) is 0 Å². The van der Waals surface area contributed by atoms with Gasteiger partial charge in [0.05, 0.1) is 6.42 Å². The number of fused-ring (bicyclic) bond motifs is 1. The summed E-state index contributed by atoms with van der Waals surface area (Å²) in [6.45, 7) is 0.403. The molecule has 1 aliphatic heterocycles. The van der Waals surface area contributed by atoms with Crippen LogP contribution >= 0.6 is 12.2 Å². The molecule has 1 N–H and O–H groups in total. The van der Waals surface area contributed by atoms with Crippen molar-refractivity contribution in [3.8, 4) is 11.5 Å². The molecule has 0 aliphatic carbocycles. The molecule has 2 aromatic heterocycles. The van der Waals surface area contributed by atoms with Gasteiger partial charge in [-0.2, -0.15) is 0 Å². The van der Waals surface area contributed by atoms with E-state index in [0.717, 1.165) is 22.2 Å². The Morgan fingerprint density at radius 3 is 2.65 bits per heavy atom. The van der Waals surface area contributed by atoms with Crippen molar-refractivity contribution in [1.82, 2.24) is 19.8 Å². The fourth-order valence-electron chi connectivity index (χ4n) is 3.92. The lowest BCUT2D eigenvalue weighted by atomic mass is 10.1. The van der Waals surface area contributed by atoms with Crippen LogP contribution in [0.2, 0.25) is 0 Å². The van der Waals surface area contributed by atoms with Gasteiger partial charge < -0.3 is 14.6 Å². The number of thiocarbonyl (C=S) groups is 1. The molecule has 2 amide bonds. The third-order valence-electron chi connectivity index (χ3n) is 5.69. The predicted octanol–water partition coefficient (Wildman–Crippen LogP) is 3.85. The summed E-state index contributed by atoms with van der Waals surface area (Å²) in [5, 5.41) is 3.26. The van der Waals surface area contributed by atoms with Crippen molar-refractivity contribution in [2.75, 3.05) is 12.4 Å². The summed E-state index contributed by atoms with van der Waals surface area (Å²) in [4.78, 5) is 37.4. The van der Waals surface area contributed by atoms with Crippen molar-refractivity contribution in [1.29, 1.82) is 0 Å². The molecule has 1 fully saturated rings. The third-order valence-corrected chi connectivity index (χ3v) is 6.20. The lowest BCUT2D eigenvalue weighted by Crippen LogP contribution is -2.37. The van der Waals surface area contributed by atoms with E-state index < -0.39 is 6.04 Å². The summed E-state index contributed by atoms with van der Waals surface area (Å²) in [6.07, 6.45) is 3.39. The molecule has 170 valence electrons. The van der Waals surface area contributed by atoms with E-state index in [4.69, 9.17) is 16.6 Å². The molecular weight excluding hydrogens is 450 g/mol. The van der Waals surface area contributed by atoms with Crippen LogP contribution in [0.1, 0.15) is 12.0 Å². The quantitative estimate of drug-likeness (QED) is 0.427. The van der Waals surface area contributed by atoms with E-state index in [0.29, 0.717) is 23.2 Å². The first-order valence-electron chi connectivity index (χ1n) is 10.7. The molecule has 1 aliphatic rings. The molecular formula is C25H21N5O3S. The first-order valence-corrected chi connectivity index (χ1v) is 11.1. The number of pyridine rings is 1. The van der Waals surface area contributed by atoms with Gasteiger partial charge in [0.1, 0.15) is 11.6 Å². The highest BCUT2D eigenvalue weighted by atomic mass is 32.1. The molecule has 1 saturated heterocycles. The first kappa shape index (κ1) is 21.7. The first-order chi connectivity index (χ1) is 16.5. The number of aromatic nitrogens is 2. The van der Waals surface area contributed by atoms with E-state index in [1.165, 1.54) is 4.90 Å². The molecule has 4 aromatic rings. The van der Waals surface area contributed by atoms with Gasteiger partial charge in [-0.1, -0.05) is 18.2 Å². The van der Waals surface area contributed by atoms with Crippen LogP contribution in [0.15, 0.2) is 77.5 Å². The maximum absolute atomic E-state index is 12.8. The Hall–Kier alpha value is -4.11. The highest BCUT2D eigenvalue weighted by molar-refractivity contribution is 7.80. The van der Waals surface area contributed by atoms with E-state index in [1.54, 1.807) is 36.5 Å². The number of anilines is 1. The van der Waals surface area contributed by atoms with Crippen molar-refractivity contribution in [3.63, 3.8) is 0 Å². The van der Waals surface area contributed by atoms with Crippen LogP contribution in [0.4, 0.5) is 5.69 Å². The number of para-hydroxylation sites is 2. The van der Waals surface area contributed by atoms with Crippen molar-refractivity contribution in [3.05, 3.63) is 78.6 Å². The zero-order valence-electron chi connectivity index (χ0n) is 18.3. The van der Waals surface area contributed by atoms with Crippen LogP contribution in [0.3, 0.4) is 0 Å². The maximum Gasteiger partial charge on any atom is 0.251 e. The Bertz CT molecular complexity index is 1340. The van der Waals surface area contributed by atoms with Gasteiger partial charge in [-0.25, -0.2) is 4.98 Å². The van der Waals surface area contributed by atoms with Crippen LogP contribution in [0, 0.1) is 0 Å². The molecule has 0 radical (unpaired) electrons. The number of nitrogens with one attached hydrogen (secondary N) is 1. The van der Waals surface area contributed by atoms with E-state index >= 15 is 0 Å². The van der Waals surface area contributed by atoms with Gasteiger partial charge in [-0.15, -0.1) is 0 Å². The van der Waals surface area contributed by atoms with Crippen molar-refractivity contribution < 1.29 is 14.0 Å². The fraction of sp³-hybridized carbons (Fsp3) is 0.160. The molecule has 8 nitrogen and oxygen atoms in total. The van der Waals surface area contributed by atoms with Gasteiger partial charge in [0.15, 0.2) is 10.7 Å². The third kappa shape index (κ3) is 4.25. The SMILES string of the molecule is CN1C(=O)C(CC(=O)Nc2ccc(-c3nc4ccccc4o3)cc2)N(Cc2cccnc2)C1=S. The average Bonchev–Trinajstić information content (AvgIpc) is 3.37. The van der Waals surface area contributed by atoms with E-state index in [1.807, 2.05) is 48.5 Å². The van der Waals surface area contributed by atoms with Gasteiger partial charge in [0.25, 0.3) is 5.91 Å². The largest absolute Gasteiger partial charge is 0.436 e. The Kier molecular flexibility index (Phi) is 5.77. The minimum absolute atomic E-state index is 0.0174. The Morgan fingerprint density at radius 2 is 1.91 bits per heavy atom. The van der Waals surface area contributed by atoms with Gasteiger partial charge in [0, 0.05) is 37.2 Å². The summed E-state index contributed by atoms with van der Waals surface area (Å²) in [5.41, 5.74) is 3.83. The lowest BCUT2D eigenvalue weighted by molar-refractivity contribution is -0.130. The molecule has 3 heterocycles. The van der Waals surface area contributed by atoms with Crippen LogP contribution in [0.25, 0.3) is 22.6 Å². The van der Waals surface area contributed by atoms with Crippen LogP contribution in [-0.2, 0) is 16.1 Å². The molecule has 5 rings (SSSR count). The highest BCUT2D eigenvalue weighted by Gasteiger charge is 2.41. The minimum atomic E-state index is -0.670. The van der Waals surface area contributed by atoms with Gasteiger partial charge in [0.2, 0.25) is 11.8 Å². The smallest absolute Gasteiger partial charge is 0.251 e. The number of hydrogen-bond donors (Lipinski definition) is 1. The Morgan fingerprint density at radius 1 is 1.12 bits per heavy atom. The number of likely N-dealkylation sites (N-methyl/N-ethyl adjacent to an activating group) is 1. The minimum Gasteiger partial charge on any atom is -0.436 e. The number of nitrogens with zero attached hydrogens (tertiary/aromatic N) is 4. The predicted molar refractivity (Wildman–Crippen MR) is 132 cm³/mol. The topological polar surface area (TPSA) is 91.6 Å². The Balaban J connectivity index is 1.27. The second kappa shape index (κ2) is 9.03.